The third-order valence-corrected chi connectivity index (χ3v) is 5.57. The van der Waals surface area contributed by atoms with E-state index in [4.69, 9.17) is 9.40 Å². The molecule has 0 unspecified atom stereocenters. The van der Waals surface area contributed by atoms with Gasteiger partial charge in [0.1, 0.15) is 12.0 Å². The van der Waals surface area contributed by atoms with Gasteiger partial charge in [0.25, 0.3) is 0 Å². The maximum absolute atomic E-state index is 5.64. The maximum atomic E-state index is 5.64. The second kappa shape index (κ2) is 6.75. The summed E-state index contributed by atoms with van der Waals surface area (Å²) in [5.41, 5.74) is 6.58. The summed E-state index contributed by atoms with van der Waals surface area (Å²) in [6, 6.07) is 33.8. The highest BCUT2D eigenvalue weighted by atomic mass is 16.3. The van der Waals surface area contributed by atoms with Crippen molar-refractivity contribution in [3.63, 3.8) is 0 Å². The van der Waals surface area contributed by atoms with E-state index in [9.17, 15) is 0 Å². The van der Waals surface area contributed by atoms with Crippen LogP contribution in [0.2, 0.25) is 0 Å². The fraction of sp³-hybridized carbons (Fsp3) is 0. The average molecular weight is 386 g/mol. The molecule has 6 aromatic rings. The Morgan fingerprint density at radius 1 is 0.633 bits per heavy atom. The smallest absolute Gasteiger partial charge is 0.306 e. The Labute approximate surface area is 173 Å². The number of benzene rings is 4. The Morgan fingerprint density at radius 2 is 1.33 bits per heavy atom. The molecule has 2 aromatic heterocycles. The summed E-state index contributed by atoms with van der Waals surface area (Å²) in [6.45, 7) is 0. The van der Waals surface area contributed by atoms with E-state index in [2.05, 4.69) is 91.0 Å². The van der Waals surface area contributed by atoms with Gasteiger partial charge >= 0.3 is 5.84 Å². The quantitative estimate of drug-likeness (QED) is 0.325. The second-order valence-corrected chi connectivity index (χ2v) is 7.33. The molecule has 3 nitrogen and oxygen atoms in total. The minimum absolute atomic E-state index is 0.597. The molecule has 30 heavy (non-hydrogen) atoms. The van der Waals surface area contributed by atoms with Gasteiger partial charge in [-0.25, -0.2) is 0 Å². The summed E-state index contributed by atoms with van der Waals surface area (Å²) in [5.74, 6) is 0.597. The predicted molar refractivity (Wildman–Crippen MR) is 121 cm³/mol. The standard InChI is InChI=1S/C27H18N2O/c1-2-7-19(8-3-1)20-13-15-22(16-14-20)26-25(28-27-29(26)17-18-30-27)24-12-6-10-21-9-4-5-11-23(21)24/h1-18H. The van der Waals surface area contributed by atoms with E-state index in [1.54, 1.807) is 6.26 Å². The molecule has 4 aromatic carbocycles. The molecule has 0 radical (unpaired) electrons. The van der Waals surface area contributed by atoms with Crippen LogP contribution in [0.25, 0.3) is 50.3 Å². The van der Waals surface area contributed by atoms with Gasteiger partial charge in [-0.1, -0.05) is 97.1 Å². The minimum Gasteiger partial charge on any atom is -0.432 e. The molecule has 0 saturated carbocycles. The van der Waals surface area contributed by atoms with E-state index in [1.165, 1.54) is 21.9 Å². The molecule has 142 valence electrons. The van der Waals surface area contributed by atoms with Crippen LogP contribution in [-0.4, -0.2) is 9.38 Å². The van der Waals surface area contributed by atoms with Crippen LogP contribution in [-0.2, 0) is 0 Å². The zero-order valence-corrected chi connectivity index (χ0v) is 16.2. The Balaban J connectivity index is 1.56. The third kappa shape index (κ3) is 2.64. The number of oxazole rings is 1. The van der Waals surface area contributed by atoms with Crippen LogP contribution >= 0.6 is 0 Å². The second-order valence-electron chi connectivity index (χ2n) is 7.33. The van der Waals surface area contributed by atoms with Crippen LogP contribution in [0.5, 0.6) is 0 Å². The van der Waals surface area contributed by atoms with Crippen LogP contribution in [0, 0.1) is 0 Å². The van der Waals surface area contributed by atoms with Crippen molar-refractivity contribution in [2.75, 3.05) is 0 Å². The molecule has 0 aliphatic carbocycles. The molecule has 0 N–H and O–H groups in total. The Hall–Kier alpha value is -4.11. The number of hydrogen-bond acceptors (Lipinski definition) is 2. The molecule has 0 aliphatic rings. The summed E-state index contributed by atoms with van der Waals surface area (Å²) in [6.07, 6.45) is 3.61. The summed E-state index contributed by atoms with van der Waals surface area (Å²) in [4.78, 5) is 4.85. The lowest BCUT2D eigenvalue weighted by Crippen LogP contribution is -1.89. The Kier molecular flexibility index (Phi) is 3.78. The zero-order chi connectivity index (χ0) is 19.9. The van der Waals surface area contributed by atoms with Gasteiger partial charge in [0.15, 0.2) is 0 Å². The van der Waals surface area contributed by atoms with Crippen molar-refractivity contribution in [2.24, 2.45) is 0 Å². The van der Waals surface area contributed by atoms with E-state index in [0.29, 0.717) is 5.84 Å². The van der Waals surface area contributed by atoms with Gasteiger partial charge in [-0.05, 0) is 21.9 Å². The van der Waals surface area contributed by atoms with E-state index < -0.39 is 0 Å². The van der Waals surface area contributed by atoms with Gasteiger partial charge in [-0.3, -0.25) is 4.40 Å². The van der Waals surface area contributed by atoms with Crippen LogP contribution in [0.4, 0.5) is 0 Å². The van der Waals surface area contributed by atoms with E-state index in [1.807, 2.05) is 16.7 Å². The normalized spacial score (nSPS) is 11.3. The van der Waals surface area contributed by atoms with Crippen LogP contribution in [0.15, 0.2) is 114 Å². The first-order valence-electron chi connectivity index (χ1n) is 9.98. The summed E-state index contributed by atoms with van der Waals surface area (Å²) < 4.78 is 7.66. The maximum Gasteiger partial charge on any atom is 0.306 e. The largest absolute Gasteiger partial charge is 0.432 e. The molecule has 0 saturated heterocycles. The average Bonchev–Trinajstić information content (AvgIpc) is 3.41. The number of hydrogen-bond donors (Lipinski definition) is 0. The highest BCUT2D eigenvalue weighted by molar-refractivity contribution is 5.99. The fourth-order valence-electron chi connectivity index (χ4n) is 4.13. The molecule has 0 fully saturated rings. The van der Waals surface area contributed by atoms with Crippen molar-refractivity contribution < 1.29 is 4.42 Å². The lowest BCUT2D eigenvalue weighted by Gasteiger charge is -2.09. The number of rotatable bonds is 3. The van der Waals surface area contributed by atoms with Gasteiger partial charge in [0, 0.05) is 17.3 Å². The van der Waals surface area contributed by atoms with Crippen molar-refractivity contribution in [3.8, 4) is 33.6 Å². The van der Waals surface area contributed by atoms with Gasteiger partial charge in [-0.2, -0.15) is 4.98 Å². The van der Waals surface area contributed by atoms with Crippen LogP contribution in [0.3, 0.4) is 0 Å². The molecular weight excluding hydrogens is 368 g/mol. The minimum atomic E-state index is 0.597. The lowest BCUT2D eigenvalue weighted by molar-refractivity contribution is 0.596. The van der Waals surface area contributed by atoms with Crippen molar-refractivity contribution in [2.45, 2.75) is 0 Å². The Morgan fingerprint density at radius 3 is 2.20 bits per heavy atom. The number of fused-ring (bicyclic) bond motifs is 2. The number of nitrogens with zero attached hydrogens (tertiary/aromatic N) is 2. The number of aromatic nitrogens is 2. The van der Waals surface area contributed by atoms with Crippen molar-refractivity contribution >= 4 is 16.6 Å². The van der Waals surface area contributed by atoms with Crippen molar-refractivity contribution in [3.05, 3.63) is 110 Å². The summed E-state index contributed by atoms with van der Waals surface area (Å²) in [7, 11) is 0. The van der Waals surface area contributed by atoms with Gasteiger partial charge in [0.2, 0.25) is 0 Å². The van der Waals surface area contributed by atoms with E-state index in [-0.39, 0.29) is 0 Å². The highest BCUT2D eigenvalue weighted by Crippen LogP contribution is 2.37. The van der Waals surface area contributed by atoms with E-state index in [0.717, 1.165) is 22.5 Å². The SMILES string of the molecule is c1ccc(-c2ccc(-c3c(-c4cccc5ccccc45)nc4occn34)cc2)cc1. The molecule has 0 aliphatic heterocycles. The first kappa shape index (κ1) is 16.8. The third-order valence-electron chi connectivity index (χ3n) is 5.57. The number of imidazole rings is 1. The van der Waals surface area contributed by atoms with Crippen LogP contribution in [0.1, 0.15) is 0 Å². The van der Waals surface area contributed by atoms with Crippen molar-refractivity contribution in [1.82, 2.24) is 9.38 Å². The molecule has 0 atom stereocenters. The first-order valence-corrected chi connectivity index (χ1v) is 9.98. The Bertz CT molecular complexity index is 1470. The summed E-state index contributed by atoms with van der Waals surface area (Å²) >= 11 is 0. The predicted octanol–water partition coefficient (Wildman–Crippen LogP) is 7.08. The zero-order valence-electron chi connectivity index (χ0n) is 16.2. The van der Waals surface area contributed by atoms with Gasteiger partial charge in [-0.15, -0.1) is 0 Å². The first-order chi connectivity index (χ1) is 14.9. The molecule has 2 heterocycles. The molecular formula is C27H18N2O. The highest BCUT2D eigenvalue weighted by Gasteiger charge is 2.19. The molecule has 0 bridgehead atoms. The van der Waals surface area contributed by atoms with Gasteiger partial charge in [0.05, 0.1) is 5.69 Å². The fourth-order valence-corrected chi connectivity index (χ4v) is 4.13. The lowest BCUT2D eigenvalue weighted by atomic mass is 9.97. The summed E-state index contributed by atoms with van der Waals surface area (Å²) in [5, 5.41) is 2.38. The topological polar surface area (TPSA) is 30.4 Å². The monoisotopic (exact) mass is 386 g/mol. The molecule has 3 heteroatoms. The van der Waals surface area contributed by atoms with Gasteiger partial charge < -0.3 is 4.42 Å². The molecule has 6 rings (SSSR count). The molecule has 0 spiro atoms. The van der Waals surface area contributed by atoms with Crippen molar-refractivity contribution in [1.29, 1.82) is 0 Å². The molecule has 0 amide bonds. The van der Waals surface area contributed by atoms with E-state index >= 15 is 0 Å². The van der Waals surface area contributed by atoms with Crippen LogP contribution < -0.4 is 0 Å².